The van der Waals surface area contributed by atoms with Crippen LogP contribution in [0.1, 0.15) is 36.0 Å². The molecule has 1 aliphatic carbocycles. The summed E-state index contributed by atoms with van der Waals surface area (Å²) in [5.41, 5.74) is 10.2. The van der Waals surface area contributed by atoms with E-state index in [9.17, 15) is 0 Å². The van der Waals surface area contributed by atoms with Gasteiger partial charge >= 0.3 is 0 Å². The van der Waals surface area contributed by atoms with E-state index < -0.39 is 0 Å². The average molecular weight is 246 g/mol. The molecule has 0 unspecified atom stereocenters. The molecule has 100 valence electrons. The Kier molecular flexibility index (Phi) is 5.21. The van der Waals surface area contributed by atoms with Crippen molar-refractivity contribution in [2.24, 2.45) is 5.73 Å². The smallest absolute Gasteiger partial charge is 0.00188 e. The lowest BCUT2D eigenvalue weighted by Crippen LogP contribution is -2.23. The van der Waals surface area contributed by atoms with E-state index in [1.807, 2.05) is 0 Å². The van der Waals surface area contributed by atoms with E-state index in [4.69, 9.17) is 5.73 Å². The second-order valence-electron chi connectivity index (χ2n) is 5.51. The standard InChI is InChI=1S/C16H26N2/c1-18(11-3-2-10-17)12-9-14-7-8-15-5-4-6-16(15)13-14/h7-8,13H,2-6,9-12,17H2,1H3. The van der Waals surface area contributed by atoms with Gasteiger partial charge in [0.05, 0.1) is 0 Å². The quantitative estimate of drug-likeness (QED) is 0.749. The highest BCUT2D eigenvalue weighted by Gasteiger charge is 2.10. The Bertz CT molecular complexity index is 373. The van der Waals surface area contributed by atoms with Gasteiger partial charge in [0, 0.05) is 6.54 Å². The van der Waals surface area contributed by atoms with Crippen LogP contribution in [0.2, 0.25) is 0 Å². The van der Waals surface area contributed by atoms with Crippen molar-refractivity contribution in [3.05, 3.63) is 34.9 Å². The van der Waals surface area contributed by atoms with E-state index in [-0.39, 0.29) is 0 Å². The molecule has 0 radical (unpaired) electrons. The number of fused-ring (bicyclic) bond motifs is 1. The highest BCUT2D eigenvalue weighted by Crippen LogP contribution is 2.22. The number of nitrogens with two attached hydrogens (primary N) is 1. The maximum Gasteiger partial charge on any atom is 0.00188 e. The summed E-state index contributed by atoms with van der Waals surface area (Å²) in [6.45, 7) is 3.14. The molecule has 1 aliphatic rings. The molecule has 18 heavy (non-hydrogen) atoms. The first kappa shape index (κ1) is 13.6. The van der Waals surface area contributed by atoms with Crippen LogP contribution in [0, 0.1) is 0 Å². The Morgan fingerprint density at radius 2 is 1.94 bits per heavy atom. The summed E-state index contributed by atoms with van der Waals surface area (Å²) in [7, 11) is 2.21. The van der Waals surface area contributed by atoms with Gasteiger partial charge in [-0.15, -0.1) is 0 Å². The number of likely N-dealkylation sites (N-methyl/N-ethyl adjacent to an activating group) is 1. The van der Waals surface area contributed by atoms with Gasteiger partial charge in [-0.05, 0) is 75.4 Å². The third kappa shape index (κ3) is 3.82. The topological polar surface area (TPSA) is 29.3 Å². The van der Waals surface area contributed by atoms with Crippen molar-refractivity contribution < 1.29 is 0 Å². The summed E-state index contributed by atoms with van der Waals surface area (Å²) >= 11 is 0. The van der Waals surface area contributed by atoms with Gasteiger partial charge in [-0.3, -0.25) is 0 Å². The molecule has 0 saturated carbocycles. The van der Waals surface area contributed by atoms with E-state index in [1.165, 1.54) is 44.2 Å². The van der Waals surface area contributed by atoms with Crippen LogP contribution in [0.15, 0.2) is 18.2 Å². The molecule has 2 heteroatoms. The minimum atomic E-state index is 0.818. The molecule has 0 fully saturated rings. The lowest BCUT2D eigenvalue weighted by molar-refractivity contribution is 0.331. The van der Waals surface area contributed by atoms with E-state index in [0.717, 1.165) is 19.5 Å². The van der Waals surface area contributed by atoms with Gasteiger partial charge in [-0.2, -0.15) is 0 Å². The monoisotopic (exact) mass is 246 g/mol. The van der Waals surface area contributed by atoms with Crippen LogP contribution in [0.25, 0.3) is 0 Å². The largest absolute Gasteiger partial charge is 0.330 e. The molecule has 0 aromatic heterocycles. The number of unbranched alkanes of at least 4 members (excludes halogenated alkanes) is 1. The predicted octanol–water partition coefficient (Wildman–Crippen LogP) is 2.39. The first-order chi connectivity index (χ1) is 8.79. The minimum Gasteiger partial charge on any atom is -0.330 e. The van der Waals surface area contributed by atoms with Gasteiger partial charge in [-0.25, -0.2) is 0 Å². The van der Waals surface area contributed by atoms with E-state index in [2.05, 4.69) is 30.1 Å². The van der Waals surface area contributed by atoms with Gasteiger partial charge in [0.2, 0.25) is 0 Å². The normalized spacial score (nSPS) is 14.2. The second kappa shape index (κ2) is 6.91. The number of aryl methyl sites for hydroxylation is 2. The van der Waals surface area contributed by atoms with Gasteiger partial charge in [-0.1, -0.05) is 18.2 Å². The highest BCUT2D eigenvalue weighted by atomic mass is 15.1. The summed E-state index contributed by atoms with van der Waals surface area (Å²) in [4.78, 5) is 2.42. The zero-order chi connectivity index (χ0) is 12.8. The average Bonchev–Trinajstić information content (AvgIpc) is 2.84. The fourth-order valence-electron chi connectivity index (χ4n) is 2.74. The van der Waals surface area contributed by atoms with Crippen LogP contribution in [0.5, 0.6) is 0 Å². The summed E-state index contributed by atoms with van der Waals surface area (Å²) < 4.78 is 0. The van der Waals surface area contributed by atoms with Crippen LogP contribution in [-0.4, -0.2) is 31.6 Å². The van der Waals surface area contributed by atoms with Gasteiger partial charge in [0.25, 0.3) is 0 Å². The predicted molar refractivity (Wildman–Crippen MR) is 78.0 cm³/mol. The van der Waals surface area contributed by atoms with Crippen molar-refractivity contribution in [3.8, 4) is 0 Å². The molecule has 0 heterocycles. The minimum absolute atomic E-state index is 0.818. The summed E-state index contributed by atoms with van der Waals surface area (Å²) in [5.74, 6) is 0. The Labute approximate surface area is 111 Å². The molecule has 2 nitrogen and oxygen atoms in total. The van der Waals surface area contributed by atoms with Gasteiger partial charge < -0.3 is 10.6 Å². The molecular weight excluding hydrogens is 220 g/mol. The number of benzene rings is 1. The van der Waals surface area contributed by atoms with Crippen molar-refractivity contribution in [1.82, 2.24) is 4.90 Å². The van der Waals surface area contributed by atoms with E-state index in [0.29, 0.717) is 0 Å². The van der Waals surface area contributed by atoms with E-state index >= 15 is 0 Å². The zero-order valence-electron chi connectivity index (χ0n) is 11.6. The number of hydrogen-bond acceptors (Lipinski definition) is 2. The molecule has 0 atom stereocenters. The van der Waals surface area contributed by atoms with E-state index in [1.54, 1.807) is 11.1 Å². The van der Waals surface area contributed by atoms with Crippen molar-refractivity contribution in [1.29, 1.82) is 0 Å². The molecule has 1 aromatic rings. The third-order valence-electron chi connectivity index (χ3n) is 3.94. The fraction of sp³-hybridized carbons (Fsp3) is 0.625. The summed E-state index contributed by atoms with van der Waals surface area (Å²) in [5, 5.41) is 0. The van der Waals surface area contributed by atoms with Crippen LogP contribution in [-0.2, 0) is 19.3 Å². The molecule has 0 bridgehead atoms. The maximum atomic E-state index is 5.51. The molecule has 1 aromatic carbocycles. The van der Waals surface area contributed by atoms with Crippen molar-refractivity contribution in [3.63, 3.8) is 0 Å². The molecule has 2 N–H and O–H groups in total. The molecule has 0 aliphatic heterocycles. The Balaban J connectivity index is 1.76. The SMILES string of the molecule is CN(CCCCN)CCc1ccc2c(c1)CCC2. The zero-order valence-corrected chi connectivity index (χ0v) is 11.6. The van der Waals surface area contributed by atoms with Crippen molar-refractivity contribution >= 4 is 0 Å². The van der Waals surface area contributed by atoms with Crippen LogP contribution in [0.3, 0.4) is 0 Å². The Morgan fingerprint density at radius 3 is 2.78 bits per heavy atom. The Morgan fingerprint density at radius 1 is 1.11 bits per heavy atom. The van der Waals surface area contributed by atoms with Crippen molar-refractivity contribution in [2.75, 3.05) is 26.7 Å². The van der Waals surface area contributed by atoms with Gasteiger partial charge in [0.15, 0.2) is 0 Å². The number of hydrogen-bond donors (Lipinski definition) is 1. The van der Waals surface area contributed by atoms with Crippen LogP contribution in [0.4, 0.5) is 0 Å². The maximum absolute atomic E-state index is 5.51. The first-order valence-corrected chi connectivity index (χ1v) is 7.29. The molecular formula is C16H26N2. The Hall–Kier alpha value is -0.860. The lowest BCUT2D eigenvalue weighted by atomic mass is 10.0. The molecule has 0 saturated heterocycles. The van der Waals surface area contributed by atoms with Crippen LogP contribution < -0.4 is 5.73 Å². The number of rotatable bonds is 7. The second-order valence-corrected chi connectivity index (χ2v) is 5.51. The third-order valence-corrected chi connectivity index (χ3v) is 3.94. The summed E-state index contributed by atoms with van der Waals surface area (Å²) in [6.07, 6.45) is 7.45. The first-order valence-electron chi connectivity index (χ1n) is 7.29. The summed E-state index contributed by atoms with van der Waals surface area (Å²) in [6, 6.07) is 7.08. The molecule has 0 amide bonds. The van der Waals surface area contributed by atoms with Crippen LogP contribution >= 0.6 is 0 Å². The number of nitrogens with zero attached hydrogens (tertiary/aromatic N) is 1. The van der Waals surface area contributed by atoms with Crippen molar-refractivity contribution in [2.45, 2.75) is 38.5 Å². The molecule has 2 rings (SSSR count). The highest BCUT2D eigenvalue weighted by molar-refractivity contribution is 5.35. The molecule has 0 spiro atoms. The fourth-order valence-corrected chi connectivity index (χ4v) is 2.74. The lowest BCUT2D eigenvalue weighted by Gasteiger charge is -2.16. The van der Waals surface area contributed by atoms with Gasteiger partial charge in [0.1, 0.15) is 0 Å².